The quantitative estimate of drug-likeness (QED) is 0.875. The average Bonchev–Trinajstić information content (AvgIpc) is 2.98. The predicted molar refractivity (Wildman–Crippen MR) is 93.7 cm³/mol. The van der Waals surface area contributed by atoms with E-state index >= 15 is 0 Å². The van der Waals surface area contributed by atoms with Gasteiger partial charge in [-0.25, -0.2) is 0 Å². The maximum absolute atomic E-state index is 12.5. The number of rotatable bonds is 4. The number of esters is 1. The zero-order valence-electron chi connectivity index (χ0n) is 14.3. The van der Waals surface area contributed by atoms with Crippen LogP contribution in [0.5, 0.6) is 0 Å². The van der Waals surface area contributed by atoms with Gasteiger partial charge in [-0.3, -0.25) is 14.9 Å². The van der Waals surface area contributed by atoms with Crippen LogP contribution in [0, 0.1) is 5.92 Å². The molecule has 0 radical (unpaired) electrons. The largest absolute Gasteiger partial charge is 0.468 e. The van der Waals surface area contributed by atoms with E-state index in [1.807, 2.05) is 38.1 Å². The summed E-state index contributed by atoms with van der Waals surface area (Å²) >= 11 is 0. The number of benzene rings is 2. The smallest absolute Gasteiger partial charge is 0.325 e. The summed E-state index contributed by atoms with van der Waals surface area (Å²) in [6.07, 6.45) is 0.922. The molecule has 0 amide bonds. The Labute approximate surface area is 142 Å². The van der Waals surface area contributed by atoms with Crippen molar-refractivity contribution in [2.45, 2.75) is 38.3 Å². The maximum Gasteiger partial charge on any atom is 0.325 e. The van der Waals surface area contributed by atoms with Gasteiger partial charge in [0.25, 0.3) is 0 Å². The molecule has 1 heterocycles. The summed E-state index contributed by atoms with van der Waals surface area (Å²) in [5, 5.41) is 5.64. The van der Waals surface area contributed by atoms with Crippen LogP contribution in [-0.2, 0) is 14.3 Å². The van der Waals surface area contributed by atoms with Gasteiger partial charge in [-0.05, 0) is 29.7 Å². The van der Waals surface area contributed by atoms with Crippen molar-refractivity contribution < 1.29 is 14.3 Å². The lowest BCUT2D eigenvalue weighted by atomic mass is 9.85. The monoisotopic (exact) mass is 325 g/mol. The van der Waals surface area contributed by atoms with Gasteiger partial charge in [0.05, 0.1) is 7.11 Å². The number of hydrogen-bond acceptors (Lipinski definition) is 4. The number of nitrogens with one attached hydrogen (secondary N) is 1. The van der Waals surface area contributed by atoms with E-state index in [4.69, 9.17) is 4.74 Å². The number of fused-ring (bicyclic) bond motifs is 1. The molecule has 1 aliphatic heterocycles. The van der Waals surface area contributed by atoms with Crippen molar-refractivity contribution in [2.24, 2.45) is 5.92 Å². The van der Waals surface area contributed by atoms with Crippen LogP contribution in [0.2, 0.25) is 0 Å². The molecule has 2 aromatic rings. The molecule has 1 fully saturated rings. The fourth-order valence-corrected chi connectivity index (χ4v) is 3.81. The summed E-state index contributed by atoms with van der Waals surface area (Å²) in [7, 11) is 1.39. The molecule has 126 valence electrons. The maximum atomic E-state index is 12.5. The standard InChI is InChI=1S/C20H23NO3/c1-4-17(22)16-12-20(2,19(23)24-3)21-18(16)15-11-7-9-13-8-5-6-10-14(13)15/h5-11,16,18,21H,4,12H2,1-3H3/t16-,18+,20+/m0/s1. The third-order valence-electron chi connectivity index (χ3n) is 5.06. The number of ketones is 1. The SMILES string of the molecule is CCC(=O)[C@@H]1C[C@](C)(C(=O)OC)N[C@@H]1c1cccc2ccccc12. The van der Waals surface area contributed by atoms with Gasteiger partial charge < -0.3 is 4.74 Å². The number of Topliss-reactive ketones (excluding diaryl/α,β-unsaturated/α-hetero) is 1. The Bertz CT molecular complexity index is 780. The molecule has 3 rings (SSSR count). The third kappa shape index (κ3) is 2.71. The van der Waals surface area contributed by atoms with Gasteiger partial charge in [0.2, 0.25) is 0 Å². The number of carbonyl (C=O) groups excluding carboxylic acids is 2. The fraction of sp³-hybridized carbons (Fsp3) is 0.400. The molecule has 1 aliphatic rings. The van der Waals surface area contributed by atoms with Crippen molar-refractivity contribution in [3.8, 4) is 0 Å². The van der Waals surface area contributed by atoms with Crippen molar-refractivity contribution in [1.29, 1.82) is 0 Å². The second-order valence-corrected chi connectivity index (χ2v) is 6.64. The van der Waals surface area contributed by atoms with Gasteiger partial charge in [0.1, 0.15) is 11.3 Å². The molecular formula is C20H23NO3. The first-order chi connectivity index (χ1) is 11.5. The Balaban J connectivity index is 2.09. The van der Waals surface area contributed by atoms with Crippen LogP contribution in [0.4, 0.5) is 0 Å². The molecule has 0 aliphatic carbocycles. The minimum absolute atomic E-state index is 0.174. The molecule has 4 nitrogen and oxygen atoms in total. The highest BCUT2D eigenvalue weighted by atomic mass is 16.5. The van der Waals surface area contributed by atoms with E-state index in [-0.39, 0.29) is 23.7 Å². The lowest BCUT2D eigenvalue weighted by molar-refractivity contribution is -0.147. The first kappa shape index (κ1) is 16.7. The molecule has 0 unspecified atom stereocenters. The normalized spacial score (nSPS) is 26.5. The topological polar surface area (TPSA) is 55.4 Å². The summed E-state index contributed by atoms with van der Waals surface area (Å²) in [6, 6.07) is 14.0. The Morgan fingerprint density at radius 3 is 2.62 bits per heavy atom. The van der Waals surface area contributed by atoms with E-state index in [0.717, 1.165) is 16.3 Å². The van der Waals surface area contributed by atoms with Crippen LogP contribution in [0.1, 0.15) is 38.3 Å². The lowest BCUT2D eigenvalue weighted by Gasteiger charge is -2.23. The number of hydrogen-bond donors (Lipinski definition) is 1. The summed E-state index contributed by atoms with van der Waals surface area (Å²) in [6.45, 7) is 3.69. The number of ether oxygens (including phenoxy) is 1. The van der Waals surface area contributed by atoms with E-state index in [1.165, 1.54) is 7.11 Å². The summed E-state index contributed by atoms with van der Waals surface area (Å²) < 4.78 is 4.96. The second kappa shape index (κ2) is 6.36. The molecule has 3 atom stereocenters. The molecule has 0 spiro atoms. The highest BCUT2D eigenvalue weighted by molar-refractivity contribution is 5.90. The first-order valence-corrected chi connectivity index (χ1v) is 8.36. The van der Waals surface area contributed by atoms with Crippen LogP contribution in [0.25, 0.3) is 10.8 Å². The van der Waals surface area contributed by atoms with E-state index in [0.29, 0.717) is 12.8 Å². The first-order valence-electron chi connectivity index (χ1n) is 8.36. The summed E-state index contributed by atoms with van der Waals surface area (Å²) in [4.78, 5) is 24.8. The van der Waals surface area contributed by atoms with E-state index in [2.05, 4.69) is 23.5 Å². The molecule has 24 heavy (non-hydrogen) atoms. The number of methoxy groups -OCH3 is 1. The Hall–Kier alpha value is -2.20. The molecular weight excluding hydrogens is 302 g/mol. The van der Waals surface area contributed by atoms with E-state index < -0.39 is 5.54 Å². The predicted octanol–water partition coefficient (Wildman–Crippen LogP) is 3.40. The fourth-order valence-electron chi connectivity index (χ4n) is 3.81. The van der Waals surface area contributed by atoms with Crippen LogP contribution >= 0.6 is 0 Å². The average molecular weight is 325 g/mol. The Kier molecular flexibility index (Phi) is 4.41. The van der Waals surface area contributed by atoms with Gasteiger partial charge in [-0.2, -0.15) is 0 Å². The van der Waals surface area contributed by atoms with Gasteiger partial charge in [-0.1, -0.05) is 49.4 Å². The Morgan fingerprint density at radius 2 is 1.92 bits per heavy atom. The second-order valence-electron chi connectivity index (χ2n) is 6.64. The molecule has 0 bridgehead atoms. The molecule has 0 saturated carbocycles. The number of carbonyl (C=O) groups is 2. The van der Waals surface area contributed by atoms with Gasteiger partial charge >= 0.3 is 5.97 Å². The van der Waals surface area contributed by atoms with Crippen molar-refractivity contribution >= 4 is 22.5 Å². The van der Waals surface area contributed by atoms with Gasteiger partial charge in [0.15, 0.2) is 0 Å². The highest BCUT2D eigenvalue weighted by Crippen LogP contribution is 2.41. The van der Waals surface area contributed by atoms with Crippen molar-refractivity contribution in [1.82, 2.24) is 5.32 Å². The van der Waals surface area contributed by atoms with E-state index in [1.54, 1.807) is 0 Å². The van der Waals surface area contributed by atoms with E-state index in [9.17, 15) is 9.59 Å². The van der Waals surface area contributed by atoms with Crippen molar-refractivity contribution in [3.05, 3.63) is 48.0 Å². The molecule has 1 N–H and O–H groups in total. The van der Waals surface area contributed by atoms with Crippen LogP contribution in [0.3, 0.4) is 0 Å². The van der Waals surface area contributed by atoms with Crippen molar-refractivity contribution in [2.75, 3.05) is 7.11 Å². The molecule has 2 aromatic carbocycles. The highest BCUT2D eigenvalue weighted by Gasteiger charge is 2.50. The van der Waals surface area contributed by atoms with Crippen LogP contribution in [0.15, 0.2) is 42.5 Å². The minimum Gasteiger partial charge on any atom is -0.468 e. The zero-order valence-corrected chi connectivity index (χ0v) is 14.3. The third-order valence-corrected chi connectivity index (χ3v) is 5.06. The molecule has 4 heteroatoms. The molecule has 1 saturated heterocycles. The minimum atomic E-state index is -0.841. The van der Waals surface area contributed by atoms with Gasteiger partial charge in [0, 0.05) is 18.4 Å². The Morgan fingerprint density at radius 1 is 1.21 bits per heavy atom. The van der Waals surface area contributed by atoms with Crippen LogP contribution < -0.4 is 5.32 Å². The molecule has 0 aromatic heterocycles. The summed E-state index contributed by atoms with van der Waals surface area (Å²) in [5.74, 6) is -0.378. The zero-order chi connectivity index (χ0) is 17.3. The van der Waals surface area contributed by atoms with Crippen LogP contribution in [-0.4, -0.2) is 24.4 Å². The van der Waals surface area contributed by atoms with Crippen molar-refractivity contribution in [3.63, 3.8) is 0 Å². The summed E-state index contributed by atoms with van der Waals surface area (Å²) in [5.41, 5.74) is 0.221. The lowest BCUT2D eigenvalue weighted by Crippen LogP contribution is -2.46. The van der Waals surface area contributed by atoms with Gasteiger partial charge in [-0.15, -0.1) is 0 Å².